The molecule has 0 rings (SSSR count). The highest BCUT2D eigenvalue weighted by Gasteiger charge is 1.90. The van der Waals surface area contributed by atoms with Gasteiger partial charge in [-0.3, -0.25) is 0 Å². The van der Waals surface area contributed by atoms with Crippen LogP contribution in [0.4, 0.5) is 0 Å². The van der Waals surface area contributed by atoms with Gasteiger partial charge in [-0.05, 0) is 21.0 Å². The Labute approximate surface area is 87.8 Å². The van der Waals surface area contributed by atoms with Gasteiger partial charge in [0.2, 0.25) is 0 Å². The number of ether oxygens (including phenoxy) is 1. The summed E-state index contributed by atoms with van der Waals surface area (Å²) in [6.45, 7) is 6.32. The van der Waals surface area contributed by atoms with Crippen LogP contribution < -0.4 is 5.32 Å². The Balaban J connectivity index is 2.94. The highest BCUT2D eigenvalue weighted by Crippen LogP contribution is 1.78. The van der Waals surface area contributed by atoms with E-state index >= 15 is 0 Å². The van der Waals surface area contributed by atoms with Crippen molar-refractivity contribution < 1.29 is 4.74 Å². The molecule has 3 nitrogen and oxygen atoms in total. The predicted octanol–water partition coefficient (Wildman–Crippen LogP) is 0.568. The molecule has 14 heavy (non-hydrogen) atoms. The minimum Gasteiger partial charge on any atom is -0.379 e. The van der Waals surface area contributed by atoms with Crippen LogP contribution in [0, 0.1) is 11.8 Å². The van der Waals surface area contributed by atoms with Crippen molar-refractivity contribution in [3.05, 3.63) is 0 Å². The molecule has 0 aliphatic rings. The monoisotopic (exact) mass is 198 g/mol. The van der Waals surface area contributed by atoms with Crippen molar-refractivity contribution in [1.29, 1.82) is 0 Å². The first-order valence-electron chi connectivity index (χ1n) is 5.10. The molecule has 0 heterocycles. The van der Waals surface area contributed by atoms with Crippen LogP contribution in [0.25, 0.3) is 0 Å². The second kappa shape index (κ2) is 10.5. The lowest BCUT2D eigenvalue weighted by atomic mass is 10.4. The Kier molecular flexibility index (Phi) is 10.1. The maximum atomic E-state index is 5.41. The van der Waals surface area contributed by atoms with E-state index in [0.717, 1.165) is 39.3 Å². The van der Waals surface area contributed by atoms with E-state index in [2.05, 4.69) is 22.1 Å². The van der Waals surface area contributed by atoms with Crippen molar-refractivity contribution in [3.63, 3.8) is 0 Å². The zero-order chi connectivity index (χ0) is 10.6. The number of hydrogen-bond acceptors (Lipinski definition) is 3. The van der Waals surface area contributed by atoms with Crippen LogP contribution in [0.2, 0.25) is 0 Å². The molecule has 1 N–H and O–H groups in total. The molecule has 0 saturated carbocycles. The third kappa shape index (κ3) is 11.4. The highest BCUT2D eigenvalue weighted by atomic mass is 16.5. The van der Waals surface area contributed by atoms with Crippen LogP contribution in [0.15, 0.2) is 0 Å². The van der Waals surface area contributed by atoms with Crippen LogP contribution in [0.3, 0.4) is 0 Å². The largest absolute Gasteiger partial charge is 0.379 e. The van der Waals surface area contributed by atoms with E-state index < -0.39 is 0 Å². The van der Waals surface area contributed by atoms with Gasteiger partial charge in [0, 0.05) is 26.1 Å². The fourth-order valence-electron chi connectivity index (χ4n) is 0.894. The summed E-state index contributed by atoms with van der Waals surface area (Å²) in [5.74, 6) is 5.87. The van der Waals surface area contributed by atoms with E-state index in [9.17, 15) is 0 Å². The Morgan fingerprint density at radius 3 is 2.64 bits per heavy atom. The molecule has 0 radical (unpaired) electrons. The third-order valence-corrected chi connectivity index (χ3v) is 1.71. The Morgan fingerprint density at radius 2 is 2.00 bits per heavy atom. The van der Waals surface area contributed by atoms with E-state index in [4.69, 9.17) is 4.74 Å². The van der Waals surface area contributed by atoms with Crippen LogP contribution in [0.5, 0.6) is 0 Å². The van der Waals surface area contributed by atoms with Gasteiger partial charge in [0.05, 0.1) is 13.2 Å². The summed E-state index contributed by atoms with van der Waals surface area (Å²) in [7, 11) is 4.09. The summed E-state index contributed by atoms with van der Waals surface area (Å²) >= 11 is 0. The van der Waals surface area contributed by atoms with Gasteiger partial charge in [-0.25, -0.2) is 0 Å². The summed E-state index contributed by atoms with van der Waals surface area (Å²) in [5, 5.41) is 3.27. The fraction of sp³-hybridized carbons (Fsp3) is 0.818. The number of nitrogens with zero attached hydrogens (tertiary/aromatic N) is 1. The summed E-state index contributed by atoms with van der Waals surface area (Å²) in [5.41, 5.74) is 0. The zero-order valence-electron chi connectivity index (χ0n) is 9.60. The van der Waals surface area contributed by atoms with Gasteiger partial charge in [-0.15, -0.1) is 11.8 Å². The normalized spacial score (nSPS) is 10.0. The standard InChI is InChI=1S/C11H22N2O/c1-4-5-6-7-12-8-10-14-11-9-13(2)3/h12H,6-11H2,1-3H3. The first kappa shape index (κ1) is 13.4. The van der Waals surface area contributed by atoms with Gasteiger partial charge >= 0.3 is 0 Å². The van der Waals surface area contributed by atoms with E-state index in [0.29, 0.717) is 0 Å². The second-order valence-electron chi connectivity index (χ2n) is 3.34. The maximum Gasteiger partial charge on any atom is 0.0593 e. The first-order chi connectivity index (χ1) is 6.77. The summed E-state index contributed by atoms with van der Waals surface area (Å²) < 4.78 is 5.41. The van der Waals surface area contributed by atoms with Crippen LogP contribution in [0.1, 0.15) is 13.3 Å². The van der Waals surface area contributed by atoms with Crippen molar-refractivity contribution in [2.45, 2.75) is 13.3 Å². The SMILES string of the molecule is CC#CCCNCCOCCN(C)C. The molecule has 3 heteroatoms. The van der Waals surface area contributed by atoms with Crippen molar-refractivity contribution >= 4 is 0 Å². The summed E-state index contributed by atoms with van der Waals surface area (Å²) in [6.07, 6.45) is 0.925. The molecule has 0 aliphatic carbocycles. The lowest BCUT2D eigenvalue weighted by molar-refractivity contribution is 0.119. The molecule has 0 spiro atoms. The van der Waals surface area contributed by atoms with E-state index in [-0.39, 0.29) is 0 Å². The second-order valence-corrected chi connectivity index (χ2v) is 3.34. The van der Waals surface area contributed by atoms with Crippen LogP contribution in [-0.4, -0.2) is 51.8 Å². The minimum atomic E-state index is 0.785. The molecular weight excluding hydrogens is 176 g/mol. The van der Waals surface area contributed by atoms with Gasteiger partial charge < -0.3 is 15.0 Å². The predicted molar refractivity (Wildman–Crippen MR) is 60.3 cm³/mol. The number of rotatable bonds is 8. The number of hydrogen-bond donors (Lipinski definition) is 1. The minimum absolute atomic E-state index is 0.785. The topological polar surface area (TPSA) is 24.5 Å². The van der Waals surface area contributed by atoms with E-state index in [1.165, 1.54) is 0 Å². The van der Waals surface area contributed by atoms with Crippen LogP contribution in [-0.2, 0) is 4.74 Å². The molecule has 0 atom stereocenters. The Bertz CT molecular complexity index is 170. The molecule has 0 saturated heterocycles. The summed E-state index contributed by atoms with van der Waals surface area (Å²) in [6, 6.07) is 0. The molecule has 0 unspecified atom stereocenters. The number of likely N-dealkylation sites (N-methyl/N-ethyl adjacent to an activating group) is 1. The zero-order valence-corrected chi connectivity index (χ0v) is 9.60. The lowest BCUT2D eigenvalue weighted by Gasteiger charge is -2.09. The highest BCUT2D eigenvalue weighted by molar-refractivity contribution is 4.94. The third-order valence-electron chi connectivity index (χ3n) is 1.71. The molecular formula is C11H22N2O. The van der Waals surface area contributed by atoms with Crippen molar-refractivity contribution in [2.75, 3.05) is 46.9 Å². The fourth-order valence-corrected chi connectivity index (χ4v) is 0.894. The molecule has 0 aromatic heterocycles. The van der Waals surface area contributed by atoms with Gasteiger partial charge in [0.1, 0.15) is 0 Å². The Morgan fingerprint density at radius 1 is 1.21 bits per heavy atom. The van der Waals surface area contributed by atoms with Gasteiger partial charge in [-0.1, -0.05) is 0 Å². The molecule has 0 fully saturated rings. The Hall–Kier alpha value is -0.560. The van der Waals surface area contributed by atoms with Crippen LogP contribution >= 0.6 is 0 Å². The summed E-state index contributed by atoms with van der Waals surface area (Å²) in [4.78, 5) is 2.12. The molecule has 0 aliphatic heterocycles. The molecule has 82 valence electrons. The van der Waals surface area contributed by atoms with Gasteiger partial charge in [0.25, 0.3) is 0 Å². The van der Waals surface area contributed by atoms with Crippen molar-refractivity contribution in [1.82, 2.24) is 10.2 Å². The first-order valence-corrected chi connectivity index (χ1v) is 5.10. The molecule has 0 aromatic carbocycles. The molecule has 0 aromatic rings. The average Bonchev–Trinajstić information content (AvgIpc) is 2.15. The van der Waals surface area contributed by atoms with Gasteiger partial charge in [0.15, 0.2) is 0 Å². The molecule has 0 bridgehead atoms. The van der Waals surface area contributed by atoms with Crippen molar-refractivity contribution in [3.8, 4) is 11.8 Å². The van der Waals surface area contributed by atoms with Gasteiger partial charge in [-0.2, -0.15) is 0 Å². The molecule has 0 amide bonds. The average molecular weight is 198 g/mol. The lowest BCUT2D eigenvalue weighted by Crippen LogP contribution is -2.23. The quantitative estimate of drug-likeness (QED) is 0.456. The van der Waals surface area contributed by atoms with E-state index in [1.807, 2.05) is 21.0 Å². The maximum absolute atomic E-state index is 5.41. The smallest absolute Gasteiger partial charge is 0.0593 e. The number of nitrogens with one attached hydrogen (secondary N) is 1. The van der Waals surface area contributed by atoms with E-state index in [1.54, 1.807) is 0 Å². The van der Waals surface area contributed by atoms with Crippen molar-refractivity contribution in [2.24, 2.45) is 0 Å².